The van der Waals surface area contributed by atoms with Crippen LogP contribution in [0, 0.1) is 5.92 Å². The summed E-state index contributed by atoms with van der Waals surface area (Å²) in [6, 6.07) is 5.03. The number of benzene rings is 1. The molecule has 1 aromatic carbocycles. The molecule has 0 spiro atoms. The lowest BCUT2D eigenvalue weighted by Crippen LogP contribution is -2.11. The first kappa shape index (κ1) is 13.4. The molecule has 1 aliphatic heterocycles. The highest BCUT2D eigenvalue weighted by Crippen LogP contribution is 2.38. The van der Waals surface area contributed by atoms with Crippen molar-refractivity contribution in [3.8, 4) is 0 Å². The minimum atomic E-state index is -4.31. The number of hydrogen-bond acceptors (Lipinski definition) is 2. The summed E-state index contributed by atoms with van der Waals surface area (Å²) in [4.78, 5) is 0. The zero-order chi connectivity index (χ0) is 13.3. The summed E-state index contributed by atoms with van der Waals surface area (Å²) < 4.78 is 42.9. The molecule has 0 radical (unpaired) electrons. The molecule has 18 heavy (non-hydrogen) atoms. The third-order valence-corrected chi connectivity index (χ3v) is 3.26. The zero-order valence-electron chi connectivity index (χ0n) is 9.95. The van der Waals surface area contributed by atoms with Gasteiger partial charge in [-0.25, -0.2) is 0 Å². The van der Waals surface area contributed by atoms with E-state index in [4.69, 9.17) is 9.84 Å². The number of aliphatic hydroxyl groups is 1. The van der Waals surface area contributed by atoms with E-state index in [1.165, 1.54) is 12.1 Å². The molecule has 1 N–H and O–H groups in total. The fourth-order valence-electron chi connectivity index (χ4n) is 2.32. The van der Waals surface area contributed by atoms with Crippen LogP contribution in [-0.4, -0.2) is 17.8 Å². The molecule has 1 aromatic rings. The van der Waals surface area contributed by atoms with E-state index in [0.717, 1.165) is 24.1 Å². The number of aliphatic hydroxyl groups excluding tert-OH is 1. The summed E-state index contributed by atoms with van der Waals surface area (Å²) >= 11 is 0. The fraction of sp³-hybridized carbons (Fsp3) is 0.538. The van der Waals surface area contributed by atoms with Gasteiger partial charge >= 0.3 is 6.18 Å². The summed E-state index contributed by atoms with van der Waals surface area (Å²) in [5.41, 5.74) is 0.0714. The number of alkyl halides is 3. The summed E-state index contributed by atoms with van der Waals surface area (Å²) in [7, 11) is 0. The average molecular weight is 260 g/mol. The molecule has 0 bridgehead atoms. The maximum Gasteiger partial charge on any atom is 0.416 e. The van der Waals surface area contributed by atoms with Crippen molar-refractivity contribution in [2.45, 2.75) is 31.7 Å². The molecule has 0 amide bonds. The Morgan fingerprint density at radius 2 is 1.89 bits per heavy atom. The zero-order valence-corrected chi connectivity index (χ0v) is 9.95. The fourth-order valence-corrected chi connectivity index (χ4v) is 2.32. The molecule has 0 saturated carbocycles. The molecule has 2 nitrogen and oxygen atoms in total. The highest BCUT2D eigenvalue weighted by molar-refractivity contribution is 5.27. The second-order valence-corrected chi connectivity index (χ2v) is 4.69. The Morgan fingerprint density at radius 1 is 1.28 bits per heavy atom. The molecule has 0 aromatic heterocycles. The Kier molecular flexibility index (Phi) is 3.64. The second-order valence-electron chi connectivity index (χ2n) is 4.69. The first-order chi connectivity index (χ1) is 8.41. The lowest BCUT2D eigenvalue weighted by Gasteiger charge is -2.16. The van der Waals surface area contributed by atoms with E-state index in [9.17, 15) is 13.2 Å². The average Bonchev–Trinajstić information content (AvgIpc) is 2.70. The van der Waals surface area contributed by atoms with E-state index in [-0.39, 0.29) is 24.7 Å². The number of rotatable bonds is 2. The van der Waals surface area contributed by atoms with E-state index >= 15 is 0 Å². The maximum absolute atomic E-state index is 12.4. The largest absolute Gasteiger partial charge is 0.416 e. The van der Waals surface area contributed by atoms with Crippen LogP contribution in [0.15, 0.2) is 24.3 Å². The molecule has 0 aliphatic carbocycles. The van der Waals surface area contributed by atoms with Crippen molar-refractivity contribution in [3.63, 3.8) is 0 Å². The van der Waals surface area contributed by atoms with Gasteiger partial charge < -0.3 is 9.84 Å². The predicted octanol–water partition coefficient (Wildman–Crippen LogP) is 3.16. The van der Waals surface area contributed by atoms with Crippen molar-refractivity contribution < 1.29 is 23.0 Å². The monoisotopic (exact) mass is 260 g/mol. The Bertz CT molecular complexity index is 400. The van der Waals surface area contributed by atoms with E-state index in [1.807, 2.05) is 6.92 Å². The molecular weight excluding hydrogens is 245 g/mol. The molecule has 100 valence electrons. The summed E-state index contributed by atoms with van der Waals surface area (Å²) in [6.45, 7) is 1.92. The molecule has 1 saturated heterocycles. The van der Waals surface area contributed by atoms with Gasteiger partial charge in [-0.3, -0.25) is 0 Å². The normalized spacial score (nSPS) is 28.6. The quantitative estimate of drug-likeness (QED) is 0.885. The van der Waals surface area contributed by atoms with Crippen molar-refractivity contribution in [1.29, 1.82) is 0 Å². The van der Waals surface area contributed by atoms with Gasteiger partial charge in [0.2, 0.25) is 0 Å². The van der Waals surface area contributed by atoms with Gasteiger partial charge in [0.15, 0.2) is 0 Å². The van der Waals surface area contributed by atoms with Crippen LogP contribution >= 0.6 is 0 Å². The van der Waals surface area contributed by atoms with Crippen LogP contribution in [-0.2, 0) is 10.9 Å². The van der Waals surface area contributed by atoms with Gasteiger partial charge in [0.05, 0.1) is 24.4 Å². The van der Waals surface area contributed by atoms with Crippen molar-refractivity contribution in [3.05, 3.63) is 35.4 Å². The van der Waals surface area contributed by atoms with Crippen LogP contribution in [0.5, 0.6) is 0 Å². The van der Waals surface area contributed by atoms with Gasteiger partial charge in [0, 0.05) is 0 Å². The van der Waals surface area contributed by atoms with Crippen LogP contribution in [0.4, 0.5) is 13.2 Å². The number of ether oxygens (including phenoxy) is 1. The maximum atomic E-state index is 12.4. The van der Waals surface area contributed by atoms with Gasteiger partial charge in [-0.1, -0.05) is 19.1 Å². The Morgan fingerprint density at radius 3 is 2.33 bits per heavy atom. The molecule has 1 aliphatic rings. The molecule has 5 heteroatoms. The number of hydrogen-bond donors (Lipinski definition) is 1. The summed E-state index contributed by atoms with van der Waals surface area (Å²) in [6.07, 6.45) is -4.03. The van der Waals surface area contributed by atoms with Crippen LogP contribution in [0.25, 0.3) is 0 Å². The Balaban J connectivity index is 2.15. The molecule has 1 fully saturated rings. The third-order valence-electron chi connectivity index (χ3n) is 3.26. The first-order valence-electron chi connectivity index (χ1n) is 5.85. The second kappa shape index (κ2) is 4.90. The molecule has 1 heterocycles. The van der Waals surface area contributed by atoms with Gasteiger partial charge in [-0.15, -0.1) is 0 Å². The lowest BCUT2D eigenvalue weighted by molar-refractivity contribution is -0.137. The van der Waals surface area contributed by atoms with Crippen LogP contribution in [0.3, 0.4) is 0 Å². The van der Waals surface area contributed by atoms with Gasteiger partial charge in [-0.2, -0.15) is 13.2 Å². The van der Waals surface area contributed by atoms with Gasteiger partial charge in [0.25, 0.3) is 0 Å². The van der Waals surface area contributed by atoms with Crippen LogP contribution in [0.2, 0.25) is 0 Å². The molecular formula is C13H15F3O2. The van der Waals surface area contributed by atoms with Crippen molar-refractivity contribution in [2.75, 3.05) is 6.61 Å². The van der Waals surface area contributed by atoms with Gasteiger partial charge in [-0.05, 0) is 30.0 Å². The first-order valence-corrected chi connectivity index (χ1v) is 5.85. The predicted molar refractivity (Wildman–Crippen MR) is 59.9 cm³/mol. The van der Waals surface area contributed by atoms with E-state index in [2.05, 4.69) is 0 Å². The molecule has 0 unspecified atom stereocenters. The Hall–Kier alpha value is -1.07. The molecule has 3 atom stereocenters. The highest BCUT2D eigenvalue weighted by Gasteiger charge is 2.34. The van der Waals surface area contributed by atoms with E-state index in [0.29, 0.717) is 0 Å². The summed E-state index contributed by atoms with van der Waals surface area (Å²) in [5.74, 6) is 0.193. The van der Waals surface area contributed by atoms with Crippen molar-refractivity contribution in [2.24, 2.45) is 5.92 Å². The topological polar surface area (TPSA) is 29.5 Å². The van der Waals surface area contributed by atoms with E-state index < -0.39 is 11.7 Å². The van der Waals surface area contributed by atoms with Crippen molar-refractivity contribution >= 4 is 0 Å². The minimum Gasteiger partial charge on any atom is -0.394 e. The minimum absolute atomic E-state index is 0.0541. The number of halogens is 3. The van der Waals surface area contributed by atoms with Crippen LogP contribution in [0.1, 0.15) is 30.6 Å². The molecule has 2 rings (SSSR count). The summed E-state index contributed by atoms with van der Waals surface area (Å²) in [5, 5.41) is 9.03. The van der Waals surface area contributed by atoms with Gasteiger partial charge in [0.1, 0.15) is 0 Å². The smallest absolute Gasteiger partial charge is 0.394 e. The van der Waals surface area contributed by atoms with E-state index in [1.54, 1.807) is 0 Å². The third kappa shape index (κ3) is 2.67. The lowest BCUT2D eigenvalue weighted by atomic mass is 9.95. The van der Waals surface area contributed by atoms with Crippen molar-refractivity contribution in [1.82, 2.24) is 0 Å². The van der Waals surface area contributed by atoms with Crippen LogP contribution < -0.4 is 0 Å². The standard InChI is InChI=1S/C13H15F3O2/c1-8-6-11(7-17)18-12(8)9-2-4-10(5-3-9)13(14,15)16/h2-5,8,11-12,17H,6-7H2,1H3/t8-,11-,12+/m0/s1. The highest BCUT2D eigenvalue weighted by atomic mass is 19.4. The SMILES string of the molecule is C[C@H]1C[C@@H](CO)O[C@H]1c1ccc(C(F)(F)F)cc1. The Labute approximate surface area is 103 Å².